The van der Waals surface area contributed by atoms with Crippen molar-refractivity contribution in [3.05, 3.63) is 92.7 Å². The summed E-state index contributed by atoms with van der Waals surface area (Å²) in [5.41, 5.74) is -1.92. The van der Waals surface area contributed by atoms with Crippen LogP contribution in [0, 0.1) is 12.7 Å². The first-order chi connectivity index (χ1) is 21.4. The van der Waals surface area contributed by atoms with Crippen molar-refractivity contribution in [1.82, 2.24) is 10.0 Å². The first kappa shape index (κ1) is 33.4. The van der Waals surface area contributed by atoms with Gasteiger partial charge in [0, 0.05) is 34.9 Å². The number of nitrogens with one attached hydrogen (secondary N) is 2. The summed E-state index contributed by atoms with van der Waals surface area (Å²) < 4.78 is 46.6. The second-order valence-electron chi connectivity index (χ2n) is 11.9. The zero-order valence-electron chi connectivity index (χ0n) is 25.4. The Morgan fingerprint density at radius 1 is 1.04 bits per heavy atom. The summed E-state index contributed by atoms with van der Waals surface area (Å²) in [5, 5.41) is 3.35. The van der Waals surface area contributed by atoms with Gasteiger partial charge in [-0.2, -0.15) is 0 Å². The minimum absolute atomic E-state index is 0.0245. The Kier molecular flexibility index (Phi) is 8.46. The van der Waals surface area contributed by atoms with E-state index in [2.05, 4.69) is 5.32 Å². The van der Waals surface area contributed by atoms with E-state index in [0.29, 0.717) is 16.7 Å². The molecule has 14 heteroatoms. The smallest absolute Gasteiger partial charge is 0.277 e. The highest BCUT2D eigenvalue weighted by molar-refractivity contribution is 7.89. The van der Waals surface area contributed by atoms with E-state index in [1.165, 1.54) is 63.2 Å². The third kappa shape index (κ3) is 5.73. The average Bonchev–Trinajstić information content (AvgIpc) is 3.19. The number of benzene rings is 3. The topological polar surface area (TPSA) is 139 Å². The molecule has 4 amide bonds. The van der Waals surface area contributed by atoms with E-state index < -0.39 is 62.4 Å². The summed E-state index contributed by atoms with van der Waals surface area (Å²) >= 11 is 12.8. The molecule has 1 spiro atoms. The molecule has 3 aromatic carbocycles. The Balaban J connectivity index is 1.82. The molecule has 0 radical (unpaired) electrons. The predicted octanol–water partition coefficient (Wildman–Crippen LogP) is 4.85. The number of hydrogen-bond donors (Lipinski definition) is 2. The maximum atomic E-state index is 14.9. The number of carbonyl (C=O) groups is 4. The Labute approximate surface area is 275 Å². The van der Waals surface area contributed by atoms with Crippen molar-refractivity contribution in [2.24, 2.45) is 0 Å². The van der Waals surface area contributed by atoms with Crippen LogP contribution >= 0.6 is 23.2 Å². The molecule has 0 aliphatic carbocycles. The van der Waals surface area contributed by atoms with Crippen LogP contribution in [0.5, 0.6) is 5.75 Å². The van der Waals surface area contributed by atoms with E-state index in [9.17, 15) is 32.0 Å². The van der Waals surface area contributed by atoms with Crippen LogP contribution in [0.2, 0.25) is 10.0 Å². The van der Waals surface area contributed by atoms with E-state index in [0.717, 1.165) is 11.2 Å². The van der Waals surface area contributed by atoms with Crippen molar-refractivity contribution in [3.8, 4) is 5.75 Å². The largest absolute Gasteiger partial charge is 0.478 e. The van der Waals surface area contributed by atoms with Crippen molar-refractivity contribution < 1.29 is 36.7 Å². The van der Waals surface area contributed by atoms with Crippen LogP contribution in [0.15, 0.2) is 54.6 Å². The van der Waals surface area contributed by atoms with E-state index in [4.69, 9.17) is 27.9 Å². The number of imide groups is 1. The van der Waals surface area contributed by atoms with Crippen LogP contribution in [0.4, 0.5) is 10.1 Å². The van der Waals surface area contributed by atoms with Gasteiger partial charge in [0.2, 0.25) is 27.7 Å². The molecule has 0 unspecified atom stereocenters. The average molecular weight is 691 g/mol. The van der Waals surface area contributed by atoms with Gasteiger partial charge in [-0.3, -0.25) is 19.2 Å². The molecule has 242 valence electrons. The lowest BCUT2D eigenvalue weighted by atomic mass is 9.58. The number of carbonyl (C=O) groups excluding carboxylic acids is 4. The third-order valence-corrected chi connectivity index (χ3v) is 9.33. The van der Waals surface area contributed by atoms with E-state index >= 15 is 0 Å². The number of amides is 4. The van der Waals surface area contributed by atoms with Crippen LogP contribution < -0.4 is 19.7 Å². The number of fused-ring (bicyclic) bond motifs is 2. The second-order valence-corrected chi connectivity index (χ2v) is 14.6. The Morgan fingerprint density at radius 2 is 1.70 bits per heavy atom. The predicted molar refractivity (Wildman–Crippen MR) is 170 cm³/mol. The fraction of sp³-hybridized carbons (Fsp3) is 0.312. The Morgan fingerprint density at radius 3 is 2.35 bits per heavy atom. The fourth-order valence-electron chi connectivity index (χ4n) is 6.36. The molecule has 2 aliphatic heterocycles. The van der Waals surface area contributed by atoms with Crippen molar-refractivity contribution in [2.45, 2.75) is 57.1 Å². The highest BCUT2D eigenvalue weighted by atomic mass is 35.5. The molecule has 1 fully saturated rings. The highest BCUT2D eigenvalue weighted by Crippen LogP contribution is 2.60. The SMILES string of the molecule is CC(=O)N1C(=O)[C@]2(c3ccc(Cl)cc31)[C@@H](c1cc(Cl)ccc1OC(C)(C)C(=O)NS(C)(=O)=O)CC(=O)N[C@H]2c1cc(F)ccc1C. The Hall–Kier alpha value is -4.00. The minimum atomic E-state index is -3.94. The summed E-state index contributed by atoms with van der Waals surface area (Å²) in [6.45, 7) is 5.63. The van der Waals surface area contributed by atoms with Gasteiger partial charge in [-0.15, -0.1) is 0 Å². The summed E-state index contributed by atoms with van der Waals surface area (Å²) in [4.78, 5) is 55.6. The summed E-state index contributed by atoms with van der Waals surface area (Å²) in [6.07, 6.45) is 0.515. The maximum Gasteiger partial charge on any atom is 0.277 e. The molecule has 2 N–H and O–H groups in total. The first-order valence-corrected chi connectivity index (χ1v) is 16.7. The molecule has 3 aromatic rings. The van der Waals surface area contributed by atoms with Gasteiger partial charge in [0.1, 0.15) is 17.0 Å². The maximum absolute atomic E-state index is 14.9. The van der Waals surface area contributed by atoms with Crippen molar-refractivity contribution >= 4 is 62.5 Å². The monoisotopic (exact) mass is 689 g/mol. The molecule has 2 aliphatic rings. The lowest BCUT2D eigenvalue weighted by Gasteiger charge is -2.47. The number of anilines is 1. The van der Waals surface area contributed by atoms with Gasteiger partial charge >= 0.3 is 0 Å². The van der Waals surface area contributed by atoms with Gasteiger partial charge in [-0.25, -0.2) is 22.4 Å². The molecule has 0 aromatic heterocycles. The quantitative estimate of drug-likeness (QED) is 0.377. The summed E-state index contributed by atoms with van der Waals surface area (Å²) in [5.74, 6) is -4.46. The van der Waals surface area contributed by atoms with Gasteiger partial charge in [-0.05, 0) is 79.9 Å². The van der Waals surface area contributed by atoms with Gasteiger partial charge in [0.05, 0.1) is 18.0 Å². The van der Waals surface area contributed by atoms with Crippen LogP contribution in [0.1, 0.15) is 61.4 Å². The van der Waals surface area contributed by atoms with Crippen molar-refractivity contribution in [3.63, 3.8) is 0 Å². The number of sulfonamides is 1. The van der Waals surface area contributed by atoms with Gasteiger partial charge in [-0.1, -0.05) is 35.3 Å². The highest BCUT2D eigenvalue weighted by Gasteiger charge is 2.64. The van der Waals surface area contributed by atoms with Crippen LogP contribution in [0.25, 0.3) is 0 Å². The van der Waals surface area contributed by atoms with E-state index in [1.54, 1.807) is 19.1 Å². The lowest BCUT2D eigenvalue weighted by molar-refractivity contribution is -0.135. The van der Waals surface area contributed by atoms with Gasteiger partial charge in [0.25, 0.3) is 5.91 Å². The molecule has 3 atom stereocenters. The standard InChI is InChI=1S/C32H30Cl2FN3O7S/c1-16-6-9-20(35)14-21(16)28-32(23-10-7-19(34)13-25(23)38(17(2)39)30(32)42)24(15-27(40)36-28)22-12-18(33)8-11-26(22)45-31(3,4)29(41)37-46(5,43)44/h6-14,24,28H,15H2,1-5H3,(H,36,40)(H,37,41)/t24-,28+,32-/m1/s1. The zero-order valence-corrected chi connectivity index (χ0v) is 27.7. The van der Waals surface area contributed by atoms with Gasteiger partial charge < -0.3 is 10.1 Å². The Bertz CT molecular complexity index is 1930. The van der Waals surface area contributed by atoms with E-state index in [1.807, 2.05) is 4.72 Å². The van der Waals surface area contributed by atoms with E-state index in [-0.39, 0.29) is 33.5 Å². The van der Waals surface area contributed by atoms with Crippen molar-refractivity contribution in [2.75, 3.05) is 11.2 Å². The number of nitrogens with zero attached hydrogens (tertiary/aromatic N) is 1. The number of rotatable bonds is 6. The molecule has 46 heavy (non-hydrogen) atoms. The molecule has 0 bridgehead atoms. The fourth-order valence-corrected chi connectivity index (χ4v) is 7.29. The number of hydrogen-bond acceptors (Lipinski definition) is 7. The molecule has 0 saturated carbocycles. The summed E-state index contributed by atoms with van der Waals surface area (Å²) in [7, 11) is -3.94. The molecular formula is C32H30Cl2FN3O7S. The normalized spacial score (nSPS) is 21.2. The molecule has 2 heterocycles. The number of aryl methyl sites for hydroxylation is 1. The minimum Gasteiger partial charge on any atom is -0.478 e. The molecule has 1 saturated heterocycles. The molecule has 10 nitrogen and oxygen atoms in total. The number of piperidine rings is 1. The lowest BCUT2D eigenvalue weighted by Crippen LogP contribution is -2.59. The van der Waals surface area contributed by atoms with Crippen molar-refractivity contribution in [1.29, 1.82) is 0 Å². The van der Waals surface area contributed by atoms with Gasteiger partial charge in [0.15, 0.2) is 5.60 Å². The first-order valence-electron chi connectivity index (χ1n) is 14.1. The second kappa shape index (κ2) is 11.7. The number of ether oxygens (including phenoxy) is 1. The zero-order chi connectivity index (χ0) is 33.9. The third-order valence-electron chi connectivity index (χ3n) is 8.31. The van der Waals surface area contributed by atoms with Crippen LogP contribution in [-0.4, -0.2) is 43.9 Å². The number of halogens is 3. The van der Waals surface area contributed by atoms with Crippen LogP contribution in [0.3, 0.4) is 0 Å². The van der Waals surface area contributed by atoms with Crippen LogP contribution in [-0.2, 0) is 34.6 Å². The molecular weight excluding hydrogens is 660 g/mol. The molecule has 5 rings (SSSR count). The summed E-state index contributed by atoms with van der Waals surface area (Å²) in [6, 6.07) is 11.8.